The van der Waals surface area contributed by atoms with Crippen molar-refractivity contribution < 1.29 is 13.9 Å². The molecule has 0 aromatic carbocycles. The van der Waals surface area contributed by atoms with Gasteiger partial charge in [-0.2, -0.15) is 5.10 Å². The normalized spacial score (nSPS) is 24.6. The van der Waals surface area contributed by atoms with Gasteiger partial charge in [0.15, 0.2) is 11.6 Å². The van der Waals surface area contributed by atoms with E-state index in [-0.39, 0.29) is 18.1 Å². The highest BCUT2D eigenvalue weighted by Gasteiger charge is 2.34. The molecule has 23 heavy (non-hydrogen) atoms. The summed E-state index contributed by atoms with van der Waals surface area (Å²) < 4.78 is 13.0. The Kier molecular flexibility index (Phi) is 3.65. The monoisotopic (exact) mass is 316 g/mol. The van der Waals surface area contributed by atoms with Crippen LogP contribution >= 0.6 is 0 Å². The van der Waals surface area contributed by atoms with Crippen molar-refractivity contribution in [3.8, 4) is 0 Å². The minimum atomic E-state index is -0.206. The van der Waals surface area contributed by atoms with Crippen molar-refractivity contribution in [3.63, 3.8) is 0 Å². The van der Waals surface area contributed by atoms with Gasteiger partial charge in [-0.3, -0.25) is 9.48 Å². The molecule has 0 bridgehead atoms. The fourth-order valence-corrected chi connectivity index (χ4v) is 3.17. The first kappa shape index (κ1) is 14.4. The van der Waals surface area contributed by atoms with Gasteiger partial charge >= 0.3 is 0 Å². The molecule has 0 radical (unpaired) electrons. The molecule has 4 rings (SSSR count). The number of ether oxygens (including phenoxy) is 1. The second kappa shape index (κ2) is 5.81. The number of oxazole rings is 1. The van der Waals surface area contributed by atoms with Crippen molar-refractivity contribution in [2.45, 2.75) is 43.7 Å². The third kappa shape index (κ3) is 2.65. The molecule has 1 saturated carbocycles. The molecule has 3 heterocycles. The standard InChI is InChI=1S/C16H20N4O3/c1-20-13(5-7-17-20)14-11(6-8-22-14)18-15(21)12-9-23-16(19-12)10-3-2-4-10/h5,7,9-11,14H,2-4,6,8H2,1H3,(H,18,21)/t11-,14-/m0/s1. The minimum Gasteiger partial charge on any atom is -0.448 e. The van der Waals surface area contributed by atoms with E-state index >= 15 is 0 Å². The fourth-order valence-electron chi connectivity index (χ4n) is 3.17. The number of hydrogen-bond donors (Lipinski definition) is 1. The van der Waals surface area contributed by atoms with Crippen molar-refractivity contribution in [2.75, 3.05) is 6.61 Å². The molecule has 2 aromatic rings. The molecule has 2 aliphatic rings. The van der Waals surface area contributed by atoms with Crippen LogP contribution in [0.25, 0.3) is 0 Å². The molecular weight excluding hydrogens is 296 g/mol. The first-order valence-corrected chi connectivity index (χ1v) is 8.08. The van der Waals surface area contributed by atoms with E-state index in [1.165, 1.54) is 12.7 Å². The van der Waals surface area contributed by atoms with Crippen LogP contribution in [0.4, 0.5) is 0 Å². The van der Waals surface area contributed by atoms with Crippen LogP contribution in [-0.2, 0) is 11.8 Å². The number of amides is 1. The lowest BCUT2D eigenvalue weighted by Crippen LogP contribution is -2.37. The maximum absolute atomic E-state index is 12.4. The number of carbonyl (C=O) groups is 1. The number of hydrogen-bond acceptors (Lipinski definition) is 5. The quantitative estimate of drug-likeness (QED) is 0.932. The smallest absolute Gasteiger partial charge is 0.273 e. The van der Waals surface area contributed by atoms with Crippen molar-refractivity contribution >= 4 is 5.91 Å². The Morgan fingerprint density at radius 2 is 2.26 bits per heavy atom. The third-order valence-electron chi connectivity index (χ3n) is 4.77. The summed E-state index contributed by atoms with van der Waals surface area (Å²) in [5, 5.41) is 7.19. The maximum atomic E-state index is 12.4. The highest BCUT2D eigenvalue weighted by Crippen LogP contribution is 2.35. The molecule has 7 heteroatoms. The molecule has 1 saturated heterocycles. The molecule has 0 unspecified atom stereocenters. The van der Waals surface area contributed by atoms with Crippen LogP contribution in [0.2, 0.25) is 0 Å². The molecule has 122 valence electrons. The Labute approximate surface area is 134 Å². The maximum Gasteiger partial charge on any atom is 0.273 e. The molecule has 1 amide bonds. The van der Waals surface area contributed by atoms with Crippen LogP contribution in [-0.4, -0.2) is 33.3 Å². The van der Waals surface area contributed by atoms with Gasteiger partial charge < -0.3 is 14.5 Å². The second-order valence-corrected chi connectivity index (χ2v) is 6.24. The van der Waals surface area contributed by atoms with Gasteiger partial charge in [0.1, 0.15) is 12.4 Å². The number of nitrogens with one attached hydrogen (secondary N) is 1. The summed E-state index contributed by atoms with van der Waals surface area (Å²) in [7, 11) is 1.87. The van der Waals surface area contributed by atoms with E-state index in [0.717, 1.165) is 25.0 Å². The van der Waals surface area contributed by atoms with Gasteiger partial charge in [0.25, 0.3) is 5.91 Å². The van der Waals surface area contributed by atoms with E-state index in [0.29, 0.717) is 24.1 Å². The van der Waals surface area contributed by atoms with E-state index in [1.807, 2.05) is 13.1 Å². The second-order valence-electron chi connectivity index (χ2n) is 6.24. The molecule has 1 aliphatic carbocycles. The molecule has 2 fully saturated rings. The van der Waals surface area contributed by atoms with Gasteiger partial charge in [-0.05, 0) is 25.3 Å². The number of carbonyl (C=O) groups excluding carboxylic acids is 1. The average Bonchev–Trinajstić information content (AvgIpc) is 3.18. The predicted octanol–water partition coefficient (Wildman–Crippen LogP) is 1.94. The Morgan fingerprint density at radius 3 is 2.96 bits per heavy atom. The van der Waals surface area contributed by atoms with Crippen LogP contribution < -0.4 is 5.32 Å². The van der Waals surface area contributed by atoms with E-state index in [9.17, 15) is 4.79 Å². The van der Waals surface area contributed by atoms with Gasteiger partial charge in [0, 0.05) is 25.8 Å². The van der Waals surface area contributed by atoms with E-state index < -0.39 is 0 Å². The first-order chi connectivity index (χ1) is 11.2. The number of rotatable bonds is 4. The Balaban J connectivity index is 1.45. The average molecular weight is 316 g/mol. The van der Waals surface area contributed by atoms with E-state index in [4.69, 9.17) is 9.15 Å². The third-order valence-corrected chi connectivity index (χ3v) is 4.77. The van der Waals surface area contributed by atoms with Gasteiger partial charge in [-0.25, -0.2) is 4.98 Å². The first-order valence-electron chi connectivity index (χ1n) is 8.08. The molecular formula is C16H20N4O3. The lowest BCUT2D eigenvalue weighted by atomic mass is 9.85. The number of nitrogens with zero attached hydrogens (tertiary/aromatic N) is 3. The molecule has 1 aliphatic heterocycles. The van der Waals surface area contributed by atoms with Gasteiger partial charge in [-0.15, -0.1) is 0 Å². The lowest BCUT2D eigenvalue weighted by Gasteiger charge is -2.21. The van der Waals surface area contributed by atoms with Gasteiger partial charge in [-0.1, -0.05) is 6.42 Å². The zero-order valence-corrected chi connectivity index (χ0v) is 13.1. The zero-order valence-electron chi connectivity index (χ0n) is 13.1. The predicted molar refractivity (Wildman–Crippen MR) is 80.9 cm³/mol. The molecule has 0 spiro atoms. The fraction of sp³-hybridized carbons (Fsp3) is 0.562. The highest BCUT2D eigenvalue weighted by atomic mass is 16.5. The topological polar surface area (TPSA) is 82.2 Å². The Bertz CT molecular complexity index is 704. The molecule has 2 atom stereocenters. The van der Waals surface area contributed by atoms with Gasteiger partial charge in [0.2, 0.25) is 0 Å². The number of aromatic nitrogens is 3. The lowest BCUT2D eigenvalue weighted by molar-refractivity contribution is 0.0789. The molecule has 2 aromatic heterocycles. The Hall–Kier alpha value is -2.15. The van der Waals surface area contributed by atoms with Crippen LogP contribution in [0.15, 0.2) is 22.9 Å². The largest absolute Gasteiger partial charge is 0.448 e. The van der Waals surface area contributed by atoms with Crippen molar-refractivity contribution in [1.82, 2.24) is 20.1 Å². The summed E-state index contributed by atoms with van der Waals surface area (Å²) in [5.74, 6) is 0.864. The summed E-state index contributed by atoms with van der Waals surface area (Å²) in [6, 6.07) is 1.83. The minimum absolute atomic E-state index is 0.0817. The van der Waals surface area contributed by atoms with E-state index in [2.05, 4.69) is 15.4 Å². The van der Waals surface area contributed by atoms with Crippen LogP contribution in [0, 0.1) is 0 Å². The van der Waals surface area contributed by atoms with Crippen molar-refractivity contribution in [1.29, 1.82) is 0 Å². The van der Waals surface area contributed by atoms with Gasteiger partial charge in [0.05, 0.1) is 11.7 Å². The van der Waals surface area contributed by atoms with Crippen LogP contribution in [0.3, 0.4) is 0 Å². The van der Waals surface area contributed by atoms with Crippen molar-refractivity contribution in [3.05, 3.63) is 35.8 Å². The van der Waals surface area contributed by atoms with Crippen molar-refractivity contribution in [2.24, 2.45) is 7.05 Å². The molecule has 1 N–H and O–H groups in total. The SMILES string of the molecule is Cn1nccc1[C@H]1OCC[C@@H]1NC(=O)c1coc(C2CCC2)n1. The van der Waals surface area contributed by atoms with Crippen LogP contribution in [0.1, 0.15) is 59.8 Å². The zero-order chi connectivity index (χ0) is 15.8. The van der Waals surface area contributed by atoms with E-state index in [1.54, 1.807) is 10.9 Å². The summed E-state index contributed by atoms with van der Waals surface area (Å²) in [6.07, 6.45) is 7.19. The summed E-state index contributed by atoms with van der Waals surface area (Å²) in [6.45, 7) is 0.618. The molecule has 7 nitrogen and oxygen atoms in total. The van der Waals surface area contributed by atoms with Crippen LogP contribution in [0.5, 0.6) is 0 Å². The summed E-state index contributed by atoms with van der Waals surface area (Å²) >= 11 is 0. The highest BCUT2D eigenvalue weighted by molar-refractivity contribution is 5.92. The summed E-state index contributed by atoms with van der Waals surface area (Å²) in [4.78, 5) is 16.8. The Morgan fingerprint density at radius 1 is 1.39 bits per heavy atom. The number of aryl methyl sites for hydroxylation is 1. The summed E-state index contributed by atoms with van der Waals surface area (Å²) in [5.41, 5.74) is 1.31.